The molecule has 0 aliphatic carbocycles. The first-order valence-corrected chi connectivity index (χ1v) is 6.33. The van der Waals surface area contributed by atoms with E-state index in [-0.39, 0.29) is 11.7 Å². The molecule has 0 aliphatic rings. The van der Waals surface area contributed by atoms with Gasteiger partial charge in [-0.3, -0.25) is 4.79 Å². The maximum Gasteiger partial charge on any atom is 0.256 e. The standard InChI is InChI=1S/C14H12BrNO3/c1-19-11-5-6-13(15)12(8-11)14(18)16-9-3-2-4-10(17)7-9/h2-8,17H,1H3,(H,16,18). The summed E-state index contributed by atoms with van der Waals surface area (Å²) >= 11 is 3.32. The fourth-order valence-electron chi connectivity index (χ4n) is 1.59. The van der Waals surface area contributed by atoms with Gasteiger partial charge < -0.3 is 15.2 Å². The summed E-state index contributed by atoms with van der Waals surface area (Å²) in [5.41, 5.74) is 0.988. The Labute approximate surface area is 119 Å². The monoisotopic (exact) mass is 321 g/mol. The van der Waals surface area contributed by atoms with Gasteiger partial charge in [0.05, 0.1) is 12.7 Å². The third-order valence-corrected chi connectivity index (χ3v) is 3.21. The second kappa shape index (κ2) is 5.75. The van der Waals surface area contributed by atoms with E-state index in [1.54, 1.807) is 37.4 Å². The number of nitrogens with one attached hydrogen (secondary N) is 1. The summed E-state index contributed by atoms with van der Waals surface area (Å²) in [6.07, 6.45) is 0. The van der Waals surface area contributed by atoms with Crippen LogP contribution in [0, 0.1) is 0 Å². The zero-order valence-electron chi connectivity index (χ0n) is 10.2. The van der Waals surface area contributed by atoms with Crippen LogP contribution in [0.2, 0.25) is 0 Å². The molecule has 5 heteroatoms. The van der Waals surface area contributed by atoms with Gasteiger partial charge in [0.25, 0.3) is 5.91 Å². The summed E-state index contributed by atoms with van der Waals surface area (Å²) in [5, 5.41) is 12.1. The number of hydrogen-bond donors (Lipinski definition) is 2. The van der Waals surface area contributed by atoms with Gasteiger partial charge in [0, 0.05) is 16.2 Å². The number of halogens is 1. The predicted molar refractivity (Wildman–Crippen MR) is 76.8 cm³/mol. The summed E-state index contributed by atoms with van der Waals surface area (Å²) in [7, 11) is 1.54. The van der Waals surface area contributed by atoms with E-state index in [4.69, 9.17) is 4.74 Å². The molecule has 2 aromatic carbocycles. The Morgan fingerprint density at radius 2 is 2.05 bits per heavy atom. The number of anilines is 1. The first-order valence-electron chi connectivity index (χ1n) is 5.54. The number of aromatic hydroxyl groups is 1. The predicted octanol–water partition coefficient (Wildman–Crippen LogP) is 3.42. The molecule has 0 saturated carbocycles. The lowest BCUT2D eigenvalue weighted by molar-refractivity contribution is 0.102. The molecular formula is C14H12BrNO3. The van der Waals surface area contributed by atoms with Crippen molar-refractivity contribution in [1.82, 2.24) is 0 Å². The fraction of sp³-hybridized carbons (Fsp3) is 0.0714. The Balaban J connectivity index is 2.25. The molecule has 4 nitrogen and oxygen atoms in total. The van der Waals surface area contributed by atoms with Gasteiger partial charge in [-0.05, 0) is 46.3 Å². The van der Waals surface area contributed by atoms with Gasteiger partial charge in [-0.25, -0.2) is 0 Å². The number of amides is 1. The molecule has 0 spiro atoms. The minimum Gasteiger partial charge on any atom is -0.508 e. The fourth-order valence-corrected chi connectivity index (χ4v) is 2.01. The highest BCUT2D eigenvalue weighted by atomic mass is 79.9. The lowest BCUT2D eigenvalue weighted by Crippen LogP contribution is -2.12. The first-order chi connectivity index (χ1) is 9.10. The average molecular weight is 322 g/mol. The van der Waals surface area contributed by atoms with Crippen LogP contribution in [0.1, 0.15) is 10.4 Å². The summed E-state index contributed by atoms with van der Waals surface area (Å²) in [4.78, 5) is 12.1. The average Bonchev–Trinajstić information content (AvgIpc) is 2.39. The molecule has 98 valence electrons. The second-order valence-electron chi connectivity index (χ2n) is 3.85. The molecule has 2 N–H and O–H groups in total. The third kappa shape index (κ3) is 3.26. The third-order valence-electron chi connectivity index (χ3n) is 2.52. The number of ether oxygens (including phenoxy) is 1. The lowest BCUT2D eigenvalue weighted by atomic mass is 10.2. The molecule has 0 atom stereocenters. The molecular weight excluding hydrogens is 310 g/mol. The van der Waals surface area contributed by atoms with E-state index in [1.807, 2.05) is 0 Å². The molecule has 19 heavy (non-hydrogen) atoms. The first kappa shape index (κ1) is 13.4. The zero-order valence-corrected chi connectivity index (χ0v) is 11.8. The number of hydrogen-bond acceptors (Lipinski definition) is 3. The molecule has 0 fully saturated rings. The highest BCUT2D eigenvalue weighted by Crippen LogP contribution is 2.24. The topological polar surface area (TPSA) is 58.6 Å². The number of phenols is 1. The van der Waals surface area contributed by atoms with Crippen molar-refractivity contribution in [3.63, 3.8) is 0 Å². The summed E-state index contributed by atoms with van der Waals surface area (Å²) in [6.45, 7) is 0. The minimum absolute atomic E-state index is 0.0995. The highest BCUT2D eigenvalue weighted by Gasteiger charge is 2.11. The number of methoxy groups -OCH3 is 1. The molecule has 1 amide bonds. The van der Waals surface area contributed by atoms with Crippen molar-refractivity contribution in [1.29, 1.82) is 0 Å². The highest BCUT2D eigenvalue weighted by molar-refractivity contribution is 9.10. The summed E-state index contributed by atoms with van der Waals surface area (Å²) in [5.74, 6) is 0.420. The van der Waals surface area contributed by atoms with Crippen molar-refractivity contribution in [3.8, 4) is 11.5 Å². The molecule has 0 radical (unpaired) electrons. The van der Waals surface area contributed by atoms with Gasteiger partial charge in [0.2, 0.25) is 0 Å². The molecule has 0 aromatic heterocycles. The van der Waals surface area contributed by atoms with E-state index >= 15 is 0 Å². The molecule has 0 saturated heterocycles. The maximum atomic E-state index is 12.1. The zero-order chi connectivity index (χ0) is 13.8. The number of carbonyl (C=O) groups is 1. The quantitative estimate of drug-likeness (QED) is 0.910. The summed E-state index contributed by atoms with van der Waals surface area (Å²) < 4.78 is 5.76. The van der Waals surface area contributed by atoms with Crippen molar-refractivity contribution >= 4 is 27.5 Å². The van der Waals surface area contributed by atoms with Crippen LogP contribution in [-0.2, 0) is 0 Å². The van der Waals surface area contributed by atoms with Gasteiger partial charge in [0.1, 0.15) is 11.5 Å². The van der Waals surface area contributed by atoms with E-state index in [2.05, 4.69) is 21.2 Å². The Kier molecular flexibility index (Phi) is 4.06. The maximum absolute atomic E-state index is 12.1. The van der Waals surface area contributed by atoms with Crippen LogP contribution in [0.5, 0.6) is 11.5 Å². The number of carbonyl (C=O) groups excluding carboxylic acids is 1. The van der Waals surface area contributed by atoms with Crippen LogP contribution in [0.25, 0.3) is 0 Å². The largest absolute Gasteiger partial charge is 0.508 e. The smallest absolute Gasteiger partial charge is 0.256 e. The van der Waals surface area contributed by atoms with Crippen LogP contribution in [0.15, 0.2) is 46.9 Å². The Morgan fingerprint density at radius 1 is 1.26 bits per heavy atom. The summed E-state index contributed by atoms with van der Waals surface area (Å²) in [6, 6.07) is 11.5. The van der Waals surface area contributed by atoms with Crippen molar-refractivity contribution in [3.05, 3.63) is 52.5 Å². The van der Waals surface area contributed by atoms with Crippen LogP contribution in [0.3, 0.4) is 0 Å². The molecule has 2 aromatic rings. The molecule has 2 rings (SSSR count). The van der Waals surface area contributed by atoms with Crippen LogP contribution in [-0.4, -0.2) is 18.1 Å². The van der Waals surface area contributed by atoms with E-state index in [0.717, 1.165) is 0 Å². The van der Waals surface area contributed by atoms with Gasteiger partial charge in [-0.1, -0.05) is 6.07 Å². The second-order valence-corrected chi connectivity index (χ2v) is 4.70. The Hall–Kier alpha value is -2.01. The van der Waals surface area contributed by atoms with Gasteiger partial charge in [-0.2, -0.15) is 0 Å². The van der Waals surface area contributed by atoms with Gasteiger partial charge in [0.15, 0.2) is 0 Å². The minimum atomic E-state index is -0.281. The number of rotatable bonds is 3. The number of phenolic OH excluding ortho intramolecular Hbond substituents is 1. The van der Waals surface area contributed by atoms with E-state index < -0.39 is 0 Å². The molecule has 0 aliphatic heterocycles. The van der Waals surface area contributed by atoms with E-state index in [1.165, 1.54) is 12.1 Å². The molecule has 0 heterocycles. The van der Waals surface area contributed by atoms with Crippen molar-refractivity contribution < 1.29 is 14.6 Å². The van der Waals surface area contributed by atoms with Crippen molar-refractivity contribution in [2.24, 2.45) is 0 Å². The lowest BCUT2D eigenvalue weighted by Gasteiger charge is -2.08. The molecule has 0 bridgehead atoms. The normalized spacial score (nSPS) is 10.0. The van der Waals surface area contributed by atoms with Crippen molar-refractivity contribution in [2.75, 3.05) is 12.4 Å². The Morgan fingerprint density at radius 3 is 2.74 bits per heavy atom. The van der Waals surface area contributed by atoms with Gasteiger partial charge in [-0.15, -0.1) is 0 Å². The van der Waals surface area contributed by atoms with E-state index in [9.17, 15) is 9.90 Å². The van der Waals surface area contributed by atoms with Crippen molar-refractivity contribution in [2.45, 2.75) is 0 Å². The van der Waals surface area contributed by atoms with Gasteiger partial charge >= 0.3 is 0 Å². The van der Waals surface area contributed by atoms with E-state index in [0.29, 0.717) is 21.5 Å². The SMILES string of the molecule is COc1ccc(Br)c(C(=O)Nc2cccc(O)c2)c1. The van der Waals surface area contributed by atoms with Crippen LogP contribution < -0.4 is 10.1 Å². The molecule has 0 unspecified atom stereocenters. The van der Waals surface area contributed by atoms with Crippen LogP contribution in [0.4, 0.5) is 5.69 Å². The van der Waals surface area contributed by atoms with Crippen LogP contribution >= 0.6 is 15.9 Å². The number of benzene rings is 2. The Bertz CT molecular complexity index is 613.